The molecule has 1 aliphatic rings. The highest BCUT2D eigenvalue weighted by molar-refractivity contribution is 5.80. The molecule has 0 unspecified atom stereocenters. The number of hydrogen-bond acceptors (Lipinski definition) is 4. The summed E-state index contributed by atoms with van der Waals surface area (Å²) in [5, 5.41) is 10.2. The number of carbonyl (C=O) groups excluding carboxylic acids is 1. The van der Waals surface area contributed by atoms with Gasteiger partial charge in [0.15, 0.2) is 0 Å². The zero-order valence-corrected chi connectivity index (χ0v) is 12.6. The van der Waals surface area contributed by atoms with E-state index in [9.17, 15) is 23.1 Å². The number of halogens is 3. The van der Waals surface area contributed by atoms with Crippen LogP contribution in [-0.2, 0) is 11.2 Å². The number of alkyl halides is 3. The summed E-state index contributed by atoms with van der Waals surface area (Å²) < 4.78 is 44.4. The summed E-state index contributed by atoms with van der Waals surface area (Å²) in [6.07, 6.45) is -4.45. The largest absolute Gasteiger partial charge is 0.497 e. The number of aliphatic hydroxyl groups is 1. The van der Waals surface area contributed by atoms with Crippen LogP contribution in [0.25, 0.3) is 0 Å². The first-order chi connectivity index (χ1) is 10.7. The molecule has 23 heavy (non-hydrogen) atoms. The van der Waals surface area contributed by atoms with Crippen LogP contribution in [0.15, 0.2) is 36.0 Å². The lowest BCUT2D eigenvalue weighted by molar-refractivity contribution is -0.288. The number of hydrazine groups is 1. The number of ether oxygens (including phenoxy) is 1. The van der Waals surface area contributed by atoms with Gasteiger partial charge in [-0.1, -0.05) is 19.1 Å². The van der Waals surface area contributed by atoms with E-state index in [0.29, 0.717) is 17.4 Å². The zero-order valence-electron chi connectivity index (χ0n) is 12.6. The molecule has 1 heterocycles. The minimum absolute atomic E-state index is 0.132. The average Bonchev–Trinajstić information content (AvgIpc) is 2.86. The molecule has 1 aromatic carbocycles. The van der Waals surface area contributed by atoms with Gasteiger partial charge in [-0.05, 0) is 30.2 Å². The minimum atomic E-state index is -5.01. The molecule has 0 bridgehead atoms. The van der Waals surface area contributed by atoms with E-state index in [1.165, 1.54) is 7.11 Å². The summed E-state index contributed by atoms with van der Waals surface area (Å²) >= 11 is 0. The van der Waals surface area contributed by atoms with Crippen LogP contribution in [0.1, 0.15) is 18.9 Å². The standard InChI is InChI=1S/C15H17F3N2O3/c1-3-11-9-14(22,15(16,17)18)20(19-11)13(21)8-10-4-6-12(23-2)7-5-10/h4-7,9,19,22H,3,8H2,1-2H3/t14-/m1/s1. The van der Waals surface area contributed by atoms with E-state index in [-0.39, 0.29) is 23.5 Å². The monoisotopic (exact) mass is 330 g/mol. The van der Waals surface area contributed by atoms with Crippen molar-refractivity contribution in [2.24, 2.45) is 0 Å². The second-order valence-corrected chi connectivity index (χ2v) is 5.11. The molecule has 2 N–H and O–H groups in total. The first-order valence-electron chi connectivity index (χ1n) is 6.94. The molecule has 0 spiro atoms. The number of allylic oxidation sites excluding steroid dienone is 1. The van der Waals surface area contributed by atoms with E-state index >= 15 is 0 Å². The molecule has 1 amide bonds. The molecule has 0 fully saturated rings. The lowest BCUT2D eigenvalue weighted by Gasteiger charge is -2.33. The smallest absolute Gasteiger partial charge is 0.442 e. The highest BCUT2D eigenvalue weighted by atomic mass is 19.4. The fourth-order valence-corrected chi connectivity index (χ4v) is 2.21. The van der Waals surface area contributed by atoms with E-state index in [0.717, 1.165) is 0 Å². The maximum absolute atomic E-state index is 13.2. The first kappa shape index (κ1) is 17.1. The van der Waals surface area contributed by atoms with Crippen molar-refractivity contribution in [3.63, 3.8) is 0 Å². The third kappa shape index (κ3) is 3.26. The topological polar surface area (TPSA) is 61.8 Å². The average molecular weight is 330 g/mol. The van der Waals surface area contributed by atoms with Crippen molar-refractivity contribution in [3.05, 3.63) is 41.6 Å². The van der Waals surface area contributed by atoms with Gasteiger partial charge in [0.2, 0.25) is 5.91 Å². The van der Waals surface area contributed by atoms with E-state index < -0.39 is 17.8 Å². The predicted octanol–water partition coefficient (Wildman–Crippen LogP) is 2.13. The van der Waals surface area contributed by atoms with Gasteiger partial charge in [0, 0.05) is 5.70 Å². The van der Waals surface area contributed by atoms with Crippen molar-refractivity contribution >= 4 is 5.91 Å². The van der Waals surface area contributed by atoms with Gasteiger partial charge in [0.05, 0.1) is 13.5 Å². The molecular weight excluding hydrogens is 313 g/mol. The second kappa shape index (κ2) is 6.11. The van der Waals surface area contributed by atoms with E-state index in [4.69, 9.17) is 4.74 Å². The maximum atomic E-state index is 13.2. The van der Waals surface area contributed by atoms with Crippen LogP contribution in [0, 0.1) is 0 Å². The van der Waals surface area contributed by atoms with Crippen molar-refractivity contribution < 1.29 is 27.8 Å². The molecular formula is C15H17F3N2O3. The number of hydrogen-bond donors (Lipinski definition) is 2. The third-order valence-electron chi connectivity index (χ3n) is 3.53. The molecule has 126 valence electrons. The fraction of sp³-hybridized carbons (Fsp3) is 0.400. The van der Waals surface area contributed by atoms with Gasteiger partial charge in [-0.25, -0.2) is 5.01 Å². The Morgan fingerprint density at radius 2 is 1.96 bits per heavy atom. The van der Waals surface area contributed by atoms with Gasteiger partial charge in [-0.2, -0.15) is 13.2 Å². The Labute approximate surface area is 131 Å². The van der Waals surface area contributed by atoms with Crippen LogP contribution < -0.4 is 10.2 Å². The molecule has 5 nitrogen and oxygen atoms in total. The van der Waals surface area contributed by atoms with Gasteiger partial charge >= 0.3 is 6.18 Å². The van der Waals surface area contributed by atoms with Gasteiger partial charge in [-0.15, -0.1) is 0 Å². The summed E-state index contributed by atoms with van der Waals surface area (Å²) in [6, 6.07) is 6.36. The molecule has 0 saturated carbocycles. The lowest BCUT2D eigenvalue weighted by Crippen LogP contribution is -2.60. The number of nitrogens with one attached hydrogen (secondary N) is 1. The summed E-state index contributed by atoms with van der Waals surface area (Å²) in [4.78, 5) is 12.2. The van der Waals surface area contributed by atoms with Gasteiger partial charge in [0.25, 0.3) is 5.72 Å². The molecule has 0 aromatic heterocycles. The molecule has 0 saturated heterocycles. The Balaban J connectivity index is 2.20. The number of benzene rings is 1. The maximum Gasteiger partial charge on any atom is 0.442 e. The number of carbonyl (C=O) groups is 1. The van der Waals surface area contributed by atoms with Crippen LogP contribution >= 0.6 is 0 Å². The van der Waals surface area contributed by atoms with Crippen molar-refractivity contribution in [1.82, 2.24) is 10.4 Å². The van der Waals surface area contributed by atoms with E-state index in [1.807, 2.05) is 0 Å². The van der Waals surface area contributed by atoms with Crippen molar-refractivity contribution in [1.29, 1.82) is 0 Å². The SMILES string of the molecule is CCC1=C[C@@](O)(C(F)(F)F)N(C(=O)Cc2ccc(OC)cc2)N1. The van der Waals surface area contributed by atoms with Crippen LogP contribution in [0.5, 0.6) is 5.75 Å². The van der Waals surface area contributed by atoms with Gasteiger partial charge < -0.3 is 9.84 Å². The molecule has 2 rings (SSSR count). The normalized spacial score (nSPS) is 21.0. The Bertz CT molecular complexity index is 613. The zero-order chi connectivity index (χ0) is 17.3. The molecule has 0 aliphatic carbocycles. The molecule has 1 atom stereocenters. The Morgan fingerprint density at radius 3 is 2.43 bits per heavy atom. The van der Waals surface area contributed by atoms with Crippen molar-refractivity contribution in [3.8, 4) is 5.75 Å². The molecule has 1 aromatic rings. The molecule has 1 aliphatic heterocycles. The van der Waals surface area contributed by atoms with Gasteiger partial charge in [0.1, 0.15) is 5.75 Å². The Morgan fingerprint density at radius 1 is 1.35 bits per heavy atom. The predicted molar refractivity (Wildman–Crippen MR) is 76.1 cm³/mol. The highest BCUT2D eigenvalue weighted by Gasteiger charge is 2.61. The van der Waals surface area contributed by atoms with Crippen LogP contribution in [0.3, 0.4) is 0 Å². The number of rotatable bonds is 4. The summed E-state index contributed by atoms with van der Waals surface area (Å²) in [5.74, 6) is -0.322. The Hall–Kier alpha value is -2.22. The minimum Gasteiger partial charge on any atom is -0.497 e. The highest BCUT2D eigenvalue weighted by Crippen LogP contribution is 2.38. The van der Waals surface area contributed by atoms with Crippen molar-refractivity contribution in [2.45, 2.75) is 31.7 Å². The second-order valence-electron chi connectivity index (χ2n) is 5.11. The number of methoxy groups -OCH3 is 1. The number of nitrogens with zero attached hydrogens (tertiary/aromatic N) is 1. The molecule has 0 radical (unpaired) electrons. The number of amides is 1. The quantitative estimate of drug-likeness (QED) is 0.888. The molecule has 8 heteroatoms. The van der Waals surface area contributed by atoms with Crippen LogP contribution in [0.2, 0.25) is 0 Å². The summed E-state index contributed by atoms with van der Waals surface area (Å²) in [5.41, 5.74) is -0.376. The van der Waals surface area contributed by atoms with E-state index in [2.05, 4.69) is 5.43 Å². The third-order valence-corrected chi connectivity index (χ3v) is 3.53. The van der Waals surface area contributed by atoms with Gasteiger partial charge in [-0.3, -0.25) is 10.2 Å². The lowest BCUT2D eigenvalue weighted by atomic mass is 10.1. The summed E-state index contributed by atoms with van der Waals surface area (Å²) in [6.45, 7) is 1.62. The summed E-state index contributed by atoms with van der Waals surface area (Å²) in [7, 11) is 1.48. The van der Waals surface area contributed by atoms with Crippen LogP contribution in [-0.4, -0.2) is 35.0 Å². The van der Waals surface area contributed by atoms with Crippen molar-refractivity contribution in [2.75, 3.05) is 7.11 Å². The van der Waals surface area contributed by atoms with E-state index in [1.54, 1.807) is 31.2 Å². The van der Waals surface area contributed by atoms with Crippen LogP contribution in [0.4, 0.5) is 13.2 Å². The fourth-order valence-electron chi connectivity index (χ4n) is 2.21. The first-order valence-corrected chi connectivity index (χ1v) is 6.94. The Kier molecular flexibility index (Phi) is 4.56.